The first-order chi connectivity index (χ1) is 14.5. The first kappa shape index (κ1) is 20.1. The van der Waals surface area contributed by atoms with Crippen LogP contribution in [0, 0.1) is 12.8 Å². The first-order valence-electron chi connectivity index (χ1n) is 10.3. The summed E-state index contributed by atoms with van der Waals surface area (Å²) < 4.78 is 5.34. The molecule has 1 heterocycles. The molecule has 1 aliphatic heterocycles. The molecule has 158 valence electrons. The van der Waals surface area contributed by atoms with Crippen molar-refractivity contribution in [2.75, 3.05) is 29.3 Å². The SMILES string of the molecule is COc1cc(NC(=O)[C@H]2CC[C@@H](N3CNc4c(C(=O)O)cccc43)CC2)ccc1C. The Labute approximate surface area is 176 Å². The Bertz CT molecular complexity index is 967. The summed E-state index contributed by atoms with van der Waals surface area (Å²) >= 11 is 0. The van der Waals surface area contributed by atoms with Crippen molar-refractivity contribution in [1.29, 1.82) is 0 Å². The van der Waals surface area contributed by atoms with Crippen LogP contribution in [0.25, 0.3) is 0 Å². The second kappa shape index (κ2) is 8.26. The lowest BCUT2D eigenvalue weighted by Gasteiger charge is -2.35. The third-order valence-electron chi connectivity index (χ3n) is 6.19. The average molecular weight is 409 g/mol. The van der Waals surface area contributed by atoms with Crippen molar-refractivity contribution in [2.45, 2.75) is 38.6 Å². The Kier molecular flexibility index (Phi) is 5.53. The number of aryl methyl sites for hydroxylation is 1. The van der Waals surface area contributed by atoms with Crippen LogP contribution in [-0.2, 0) is 4.79 Å². The fraction of sp³-hybridized carbons (Fsp3) is 0.391. The highest BCUT2D eigenvalue weighted by atomic mass is 16.5. The summed E-state index contributed by atoms with van der Waals surface area (Å²) in [7, 11) is 1.62. The third kappa shape index (κ3) is 3.79. The predicted molar refractivity (Wildman–Crippen MR) is 116 cm³/mol. The zero-order valence-corrected chi connectivity index (χ0v) is 17.3. The minimum Gasteiger partial charge on any atom is -0.496 e. The normalized spacial score (nSPS) is 20.3. The van der Waals surface area contributed by atoms with E-state index in [-0.39, 0.29) is 11.8 Å². The van der Waals surface area contributed by atoms with Crippen LogP contribution in [0.1, 0.15) is 41.6 Å². The van der Waals surface area contributed by atoms with Crippen LogP contribution < -0.4 is 20.3 Å². The number of ether oxygens (including phenoxy) is 1. The number of carboxylic acids is 1. The summed E-state index contributed by atoms with van der Waals surface area (Å²) in [5, 5.41) is 15.7. The number of carbonyl (C=O) groups is 2. The molecule has 0 bridgehead atoms. The van der Waals surface area contributed by atoms with Gasteiger partial charge in [-0.1, -0.05) is 12.1 Å². The zero-order valence-electron chi connectivity index (χ0n) is 17.3. The molecule has 0 unspecified atom stereocenters. The highest BCUT2D eigenvalue weighted by Crippen LogP contribution is 2.39. The van der Waals surface area contributed by atoms with Crippen molar-refractivity contribution in [3.05, 3.63) is 47.5 Å². The molecule has 4 rings (SSSR count). The van der Waals surface area contributed by atoms with Crippen LogP contribution in [0.5, 0.6) is 5.75 Å². The van der Waals surface area contributed by atoms with E-state index in [1.165, 1.54) is 0 Å². The van der Waals surface area contributed by atoms with Gasteiger partial charge in [0, 0.05) is 23.7 Å². The van der Waals surface area contributed by atoms with Crippen molar-refractivity contribution in [3.63, 3.8) is 0 Å². The van der Waals surface area contributed by atoms with E-state index in [0.29, 0.717) is 24.0 Å². The van der Waals surface area contributed by atoms with Gasteiger partial charge in [-0.3, -0.25) is 4.79 Å². The molecule has 2 aromatic carbocycles. The molecule has 1 fully saturated rings. The maximum absolute atomic E-state index is 12.8. The van der Waals surface area contributed by atoms with Crippen molar-refractivity contribution in [1.82, 2.24) is 0 Å². The number of methoxy groups -OCH3 is 1. The molecule has 2 aromatic rings. The summed E-state index contributed by atoms with van der Waals surface area (Å²) in [6, 6.07) is 11.4. The molecule has 0 radical (unpaired) electrons. The number of amides is 1. The van der Waals surface area contributed by atoms with Gasteiger partial charge in [-0.2, -0.15) is 0 Å². The lowest BCUT2D eigenvalue weighted by molar-refractivity contribution is -0.120. The van der Waals surface area contributed by atoms with Crippen LogP contribution in [-0.4, -0.2) is 36.8 Å². The highest BCUT2D eigenvalue weighted by molar-refractivity contribution is 5.99. The number of nitrogens with one attached hydrogen (secondary N) is 2. The lowest BCUT2D eigenvalue weighted by Crippen LogP contribution is -2.39. The van der Waals surface area contributed by atoms with Gasteiger partial charge in [-0.25, -0.2) is 4.79 Å². The van der Waals surface area contributed by atoms with Gasteiger partial charge in [0.2, 0.25) is 5.91 Å². The van der Waals surface area contributed by atoms with E-state index in [9.17, 15) is 14.7 Å². The van der Waals surface area contributed by atoms with Gasteiger partial charge in [0.05, 0.1) is 30.7 Å². The molecule has 3 N–H and O–H groups in total. The number of para-hydroxylation sites is 1. The first-order valence-corrected chi connectivity index (χ1v) is 10.3. The van der Waals surface area contributed by atoms with Crippen LogP contribution in [0.2, 0.25) is 0 Å². The van der Waals surface area contributed by atoms with E-state index >= 15 is 0 Å². The van der Waals surface area contributed by atoms with Crippen LogP contribution in [0.3, 0.4) is 0 Å². The summed E-state index contributed by atoms with van der Waals surface area (Å²) in [6.45, 7) is 2.57. The number of hydrogen-bond donors (Lipinski definition) is 3. The van der Waals surface area contributed by atoms with Gasteiger partial charge < -0.3 is 25.4 Å². The van der Waals surface area contributed by atoms with Crippen molar-refractivity contribution >= 4 is 28.9 Å². The number of nitrogens with zero attached hydrogens (tertiary/aromatic N) is 1. The average Bonchev–Trinajstić information content (AvgIpc) is 3.19. The maximum Gasteiger partial charge on any atom is 0.337 e. The molecule has 0 saturated heterocycles. The quantitative estimate of drug-likeness (QED) is 0.689. The van der Waals surface area contributed by atoms with Crippen molar-refractivity contribution < 1.29 is 19.4 Å². The number of rotatable bonds is 5. The van der Waals surface area contributed by atoms with E-state index in [2.05, 4.69) is 15.5 Å². The summed E-state index contributed by atoms with van der Waals surface area (Å²) in [5.41, 5.74) is 3.72. The molecule has 0 aromatic heterocycles. The number of carbonyl (C=O) groups excluding carboxylic acids is 1. The summed E-state index contributed by atoms with van der Waals surface area (Å²) in [4.78, 5) is 26.5. The van der Waals surface area contributed by atoms with E-state index in [1.54, 1.807) is 19.2 Å². The lowest BCUT2D eigenvalue weighted by atomic mass is 9.84. The Hall–Kier alpha value is -3.22. The molecule has 1 amide bonds. The third-order valence-corrected chi connectivity index (χ3v) is 6.19. The Balaban J connectivity index is 1.38. The number of aromatic carboxylic acids is 1. The highest BCUT2D eigenvalue weighted by Gasteiger charge is 2.33. The maximum atomic E-state index is 12.8. The topological polar surface area (TPSA) is 90.9 Å². The Morgan fingerprint density at radius 3 is 2.63 bits per heavy atom. The smallest absolute Gasteiger partial charge is 0.337 e. The molecule has 7 nitrogen and oxygen atoms in total. The molecular formula is C23H27N3O4. The van der Waals surface area contributed by atoms with Gasteiger partial charge in [-0.15, -0.1) is 0 Å². The molecule has 1 aliphatic carbocycles. The molecule has 30 heavy (non-hydrogen) atoms. The zero-order chi connectivity index (χ0) is 21.3. The molecule has 7 heteroatoms. The van der Waals surface area contributed by atoms with Gasteiger partial charge in [0.25, 0.3) is 0 Å². The Morgan fingerprint density at radius 2 is 1.93 bits per heavy atom. The van der Waals surface area contributed by atoms with Gasteiger partial charge in [-0.05, 0) is 56.4 Å². The molecule has 0 spiro atoms. The number of fused-ring (bicyclic) bond motifs is 1. The fourth-order valence-corrected chi connectivity index (χ4v) is 4.51. The number of benzene rings is 2. The minimum absolute atomic E-state index is 0.0195. The Morgan fingerprint density at radius 1 is 1.17 bits per heavy atom. The summed E-state index contributed by atoms with van der Waals surface area (Å²) in [5.74, 6) is -0.131. The van der Waals surface area contributed by atoms with Crippen LogP contribution >= 0.6 is 0 Å². The van der Waals surface area contributed by atoms with Gasteiger partial charge in [0.1, 0.15) is 5.75 Å². The number of hydrogen-bond acceptors (Lipinski definition) is 5. The van der Waals surface area contributed by atoms with Crippen molar-refractivity contribution in [3.8, 4) is 5.75 Å². The number of anilines is 3. The van der Waals surface area contributed by atoms with E-state index in [4.69, 9.17) is 4.74 Å². The van der Waals surface area contributed by atoms with E-state index < -0.39 is 5.97 Å². The van der Waals surface area contributed by atoms with Crippen LogP contribution in [0.4, 0.5) is 17.1 Å². The monoisotopic (exact) mass is 409 g/mol. The second-order valence-electron chi connectivity index (χ2n) is 7.99. The molecule has 1 saturated carbocycles. The molecule has 0 atom stereocenters. The predicted octanol–water partition coefficient (Wildman–Crippen LogP) is 4.09. The van der Waals surface area contributed by atoms with E-state index in [1.807, 2.05) is 31.2 Å². The van der Waals surface area contributed by atoms with Crippen LogP contribution in [0.15, 0.2) is 36.4 Å². The second-order valence-corrected chi connectivity index (χ2v) is 7.99. The fourth-order valence-electron chi connectivity index (χ4n) is 4.51. The summed E-state index contributed by atoms with van der Waals surface area (Å²) in [6.07, 6.45) is 3.41. The van der Waals surface area contributed by atoms with E-state index in [0.717, 1.165) is 48.4 Å². The standard InChI is InChI=1S/C23H27N3O4/c1-14-6-9-16(12-20(14)30-2)25-22(27)15-7-10-17(11-8-15)26-13-24-21-18(23(28)29)4-3-5-19(21)26/h3-6,9,12,15,17,24H,7-8,10-11,13H2,1-2H3,(H,25,27)(H,28,29)/t15-,17+. The van der Waals surface area contributed by atoms with Gasteiger partial charge >= 0.3 is 5.97 Å². The largest absolute Gasteiger partial charge is 0.496 e. The van der Waals surface area contributed by atoms with Gasteiger partial charge in [0.15, 0.2) is 0 Å². The minimum atomic E-state index is -0.922. The molecule has 2 aliphatic rings. The number of carboxylic acid groups (broad SMARTS) is 1. The van der Waals surface area contributed by atoms with Crippen molar-refractivity contribution in [2.24, 2.45) is 5.92 Å². The molecular weight excluding hydrogens is 382 g/mol.